The average Bonchev–Trinajstić information content (AvgIpc) is 2.53. The molecule has 0 spiro atoms. The second kappa shape index (κ2) is 8.24. The van der Waals surface area contributed by atoms with Gasteiger partial charge in [0.05, 0.1) is 0 Å². The van der Waals surface area contributed by atoms with E-state index in [1.54, 1.807) is 11.0 Å². The molecule has 0 unspecified atom stereocenters. The van der Waals surface area contributed by atoms with Crippen molar-refractivity contribution >= 4 is 17.5 Å². The van der Waals surface area contributed by atoms with Crippen molar-refractivity contribution in [3.63, 3.8) is 0 Å². The minimum atomic E-state index is -0.405. The first-order valence-electron chi connectivity index (χ1n) is 7.80. The summed E-state index contributed by atoms with van der Waals surface area (Å²) in [6.07, 6.45) is 0.155. The van der Waals surface area contributed by atoms with Gasteiger partial charge in [0.1, 0.15) is 5.82 Å². The summed E-state index contributed by atoms with van der Waals surface area (Å²) in [5, 5.41) is 2.63. The molecule has 2 amide bonds. The lowest BCUT2D eigenvalue weighted by Gasteiger charge is -2.21. The van der Waals surface area contributed by atoms with Crippen LogP contribution in [0.5, 0.6) is 0 Å². The number of hydrogen-bond donors (Lipinski definition) is 1. The molecule has 0 radical (unpaired) electrons. The van der Waals surface area contributed by atoms with Gasteiger partial charge in [0.2, 0.25) is 11.8 Å². The number of amides is 2. The number of anilines is 1. The van der Waals surface area contributed by atoms with E-state index in [-0.39, 0.29) is 18.2 Å². The standard InChI is InChI=1S/C19H21FN2O2/c1-14-6-8-16(9-7-14)13-22(15(2)23)11-10-19(24)21-18-5-3-4-17(20)12-18/h3-9,12H,10-11,13H2,1-2H3,(H,21,24). The summed E-state index contributed by atoms with van der Waals surface area (Å²) in [6.45, 7) is 4.26. The van der Waals surface area contributed by atoms with Gasteiger partial charge in [-0.25, -0.2) is 4.39 Å². The maximum absolute atomic E-state index is 13.1. The monoisotopic (exact) mass is 328 g/mol. The molecule has 2 rings (SSSR count). The Morgan fingerprint density at radius 1 is 1.12 bits per heavy atom. The third-order valence-electron chi connectivity index (χ3n) is 3.66. The van der Waals surface area contributed by atoms with Gasteiger partial charge in [-0.05, 0) is 30.7 Å². The molecule has 24 heavy (non-hydrogen) atoms. The van der Waals surface area contributed by atoms with Crippen molar-refractivity contribution in [1.29, 1.82) is 0 Å². The fourth-order valence-electron chi connectivity index (χ4n) is 2.29. The zero-order valence-corrected chi connectivity index (χ0v) is 13.9. The minimum absolute atomic E-state index is 0.0888. The minimum Gasteiger partial charge on any atom is -0.338 e. The Hall–Kier alpha value is -2.69. The van der Waals surface area contributed by atoms with E-state index in [4.69, 9.17) is 0 Å². The van der Waals surface area contributed by atoms with E-state index in [1.807, 2.05) is 31.2 Å². The number of carbonyl (C=O) groups excluding carboxylic acids is 2. The van der Waals surface area contributed by atoms with Crippen LogP contribution < -0.4 is 5.32 Å². The lowest BCUT2D eigenvalue weighted by atomic mass is 10.1. The summed E-state index contributed by atoms with van der Waals surface area (Å²) in [6, 6.07) is 13.6. The highest BCUT2D eigenvalue weighted by Crippen LogP contribution is 2.11. The van der Waals surface area contributed by atoms with Crippen LogP contribution in [0.1, 0.15) is 24.5 Å². The van der Waals surface area contributed by atoms with Gasteiger partial charge in [0, 0.05) is 32.1 Å². The van der Waals surface area contributed by atoms with Gasteiger partial charge in [-0.15, -0.1) is 0 Å². The highest BCUT2D eigenvalue weighted by molar-refractivity contribution is 5.91. The molecule has 1 N–H and O–H groups in total. The molecule has 5 heteroatoms. The van der Waals surface area contributed by atoms with Crippen molar-refractivity contribution in [2.24, 2.45) is 0 Å². The molecule has 2 aromatic carbocycles. The van der Waals surface area contributed by atoms with E-state index in [0.717, 1.165) is 11.1 Å². The molecule has 0 atom stereocenters. The maximum Gasteiger partial charge on any atom is 0.226 e. The molecule has 0 aliphatic carbocycles. The number of carbonyl (C=O) groups is 2. The molecule has 0 bridgehead atoms. The van der Waals surface area contributed by atoms with E-state index < -0.39 is 5.82 Å². The van der Waals surface area contributed by atoms with Gasteiger partial charge in [-0.1, -0.05) is 35.9 Å². The number of rotatable bonds is 6. The smallest absolute Gasteiger partial charge is 0.226 e. The van der Waals surface area contributed by atoms with E-state index in [0.29, 0.717) is 18.8 Å². The molecule has 2 aromatic rings. The molecule has 0 heterocycles. The average molecular weight is 328 g/mol. The van der Waals surface area contributed by atoms with E-state index in [2.05, 4.69) is 5.32 Å². The van der Waals surface area contributed by atoms with Gasteiger partial charge < -0.3 is 10.2 Å². The summed E-state index contributed by atoms with van der Waals surface area (Å²) in [5.41, 5.74) is 2.58. The molecular formula is C19H21FN2O2. The second-order valence-electron chi connectivity index (χ2n) is 5.73. The number of halogens is 1. The van der Waals surface area contributed by atoms with Crippen LogP contribution in [-0.2, 0) is 16.1 Å². The highest BCUT2D eigenvalue weighted by atomic mass is 19.1. The Balaban J connectivity index is 1.90. The van der Waals surface area contributed by atoms with Gasteiger partial charge >= 0.3 is 0 Å². The molecular weight excluding hydrogens is 307 g/mol. The first-order valence-corrected chi connectivity index (χ1v) is 7.80. The molecule has 0 saturated carbocycles. The molecule has 0 aliphatic heterocycles. The van der Waals surface area contributed by atoms with Crippen molar-refractivity contribution in [2.75, 3.05) is 11.9 Å². The topological polar surface area (TPSA) is 49.4 Å². The van der Waals surface area contributed by atoms with Crippen LogP contribution >= 0.6 is 0 Å². The van der Waals surface area contributed by atoms with Crippen molar-refractivity contribution in [3.8, 4) is 0 Å². The molecule has 0 aliphatic rings. The summed E-state index contributed by atoms with van der Waals surface area (Å²) < 4.78 is 13.1. The third-order valence-corrected chi connectivity index (χ3v) is 3.66. The Morgan fingerprint density at radius 2 is 1.83 bits per heavy atom. The van der Waals surface area contributed by atoms with Gasteiger partial charge in [-0.3, -0.25) is 9.59 Å². The number of nitrogens with one attached hydrogen (secondary N) is 1. The lowest BCUT2D eigenvalue weighted by molar-refractivity contribution is -0.129. The second-order valence-corrected chi connectivity index (χ2v) is 5.73. The van der Waals surface area contributed by atoms with Crippen molar-refractivity contribution < 1.29 is 14.0 Å². The number of benzene rings is 2. The first kappa shape index (κ1) is 17.7. The van der Waals surface area contributed by atoms with Crippen LogP contribution in [0.15, 0.2) is 48.5 Å². The lowest BCUT2D eigenvalue weighted by Crippen LogP contribution is -2.31. The maximum atomic E-state index is 13.1. The highest BCUT2D eigenvalue weighted by Gasteiger charge is 2.12. The fraction of sp³-hybridized carbons (Fsp3) is 0.263. The summed E-state index contributed by atoms with van der Waals surface area (Å²) in [5.74, 6) is -0.748. The Kier molecular flexibility index (Phi) is 6.07. The van der Waals surface area contributed by atoms with E-state index in [9.17, 15) is 14.0 Å². The van der Waals surface area contributed by atoms with Gasteiger partial charge in [0.15, 0.2) is 0 Å². The van der Waals surface area contributed by atoms with Gasteiger partial charge in [0.25, 0.3) is 0 Å². The molecule has 0 saturated heterocycles. The zero-order valence-electron chi connectivity index (χ0n) is 13.9. The van der Waals surface area contributed by atoms with E-state index in [1.165, 1.54) is 25.1 Å². The number of hydrogen-bond acceptors (Lipinski definition) is 2. The summed E-state index contributed by atoms with van der Waals surface area (Å²) in [7, 11) is 0. The Labute approximate surface area is 141 Å². The van der Waals surface area contributed by atoms with Crippen LogP contribution in [0.3, 0.4) is 0 Å². The Bertz CT molecular complexity index is 714. The summed E-state index contributed by atoms with van der Waals surface area (Å²) >= 11 is 0. The third kappa shape index (κ3) is 5.50. The van der Waals surface area contributed by atoms with Crippen molar-refractivity contribution in [2.45, 2.75) is 26.8 Å². The first-order chi connectivity index (χ1) is 11.4. The van der Waals surface area contributed by atoms with Crippen LogP contribution in [0.2, 0.25) is 0 Å². The van der Waals surface area contributed by atoms with Gasteiger partial charge in [-0.2, -0.15) is 0 Å². The quantitative estimate of drug-likeness (QED) is 0.882. The Morgan fingerprint density at radius 3 is 2.46 bits per heavy atom. The normalized spacial score (nSPS) is 10.3. The van der Waals surface area contributed by atoms with Crippen LogP contribution in [0.4, 0.5) is 10.1 Å². The predicted molar refractivity (Wildman–Crippen MR) is 91.9 cm³/mol. The fourth-order valence-corrected chi connectivity index (χ4v) is 2.29. The largest absolute Gasteiger partial charge is 0.338 e. The van der Waals surface area contributed by atoms with Crippen LogP contribution in [-0.4, -0.2) is 23.3 Å². The molecule has 0 fully saturated rings. The van der Waals surface area contributed by atoms with E-state index >= 15 is 0 Å². The zero-order chi connectivity index (χ0) is 17.5. The molecule has 126 valence electrons. The molecule has 4 nitrogen and oxygen atoms in total. The number of nitrogens with zero attached hydrogens (tertiary/aromatic N) is 1. The molecule has 0 aromatic heterocycles. The predicted octanol–water partition coefficient (Wildman–Crippen LogP) is 3.51. The van der Waals surface area contributed by atoms with Crippen molar-refractivity contribution in [1.82, 2.24) is 4.90 Å². The van der Waals surface area contributed by atoms with Crippen molar-refractivity contribution in [3.05, 3.63) is 65.5 Å². The van der Waals surface area contributed by atoms with Crippen LogP contribution in [0.25, 0.3) is 0 Å². The SMILES string of the molecule is CC(=O)N(CCC(=O)Nc1cccc(F)c1)Cc1ccc(C)cc1. The summed E-state index contributed by atoms with van der Waals surface area (Å²) in [4.78, 5) is 25.4. The number of aryl methyl sites for hydroxylation is 1. The van der Waals surface area contributed by atoms with Crippen LogP contribution in [0, 0.1) is 12.7 Å².